The summed E-state index contributed by atoms with van der Waals surface area (Å²) in [5.41, 5.74) is 0.517. The van der Waals surface area contributed by atoms with Gasteiger partial charge in [-0.25, -0.2) is 0 Å². The van der Waals surface area contributed by atoms with Crippen LogP contribution in [0.4, 0.5) is 0 Å². The fourth-order valence-electron chi connectivity index (χ4n) is 3.28. The Balaban J connectivity index is 1.96. The van der Waals surface area contributed by atoms with Crippen LogP contribution in [0.15, 0.2) is 0 Å². The average molecular weight is 240 g/mol. The standard InChI is InChI=1S/C14H28N2O/c1-3-13-10-17-9-8-16(13)12-14(4-2)6-5-7-15-11-14/h13,15H,3-12H2,1-2H3. The van der Waals surface area contributed by atoms with E-state index in [4.69, 9.17) is 4.74 Å². The van der Waals surface area contributed by atoms with Gasteiger partial charge in [-0.1, -0.05) is 13.8 Å². The van der Waals surface area contributed by atoms with E-state index in [2.05, 4.69) is 24.1 Å². The molecule has 1 N–H and O–H groups in total. The molecule has 2 aliphatic heterocycles. The number of ether oxygens (including phenoxy) is 1. The van der Waals surface area contributed by atoms with Crippen LogP contribution in [-0.2, 0) is 4.74 Å². The van der Waals surface area contributed by atoms with E-state index in [0.29, 0.717) is 11.5 Å². The lowest BCUT2D eigenvalue weighted by molar-refractivity contribution is -0.0327. The fourth-order valence-corrected chi connectivity index (χ4v) is 3.28. The molecular formula is C14H28N2O. The lowest BCUT2D eigenvalue weighted by Gasteiger charge is -2.45. The SMILES string of the molecule is CCC1COCCN1CC1(CC)CCCNC1. The molecule has 0 aromatic rings. The Morgan fingerprint density at radius 3 is 2.94 bits per heavy atom. The molecule has 0 amide bonds. The Morgan fingerprint density at radius 2 is 2.29 bits per heavy atom. The van der Waals surface area contributed by atoms with E-state index < -0.39 is 0 Å². The second kappa shape index (κ2) is 6.17. The summed E-state index contributed by atoms with van der Waals surface area (Å²) in [6.07, 6.45) is 5.25. The van der Waals surface area contributed by atoms with E-state index in [1.165, 1.54) is 45.3 Å². The highest BCUT2D eigenvalue weighted by atomic mass is 16.5. The third kappa shape index (κ3) is 3.21. The fraction of sp³-hybridized carbons (Fsp3) is 1.00. The van der Waals surface area contributed by atoms with Gasteiger partial charge in [-0.3, -0.25) is 4.90 Å². The molecule has 0 bridgehead atoms. The molecule has 0 aromatic heterocycles. The van der Waals surface area contributed by atoms with Crippen LogP contribution in [0.2, 0.25) is 0 Å². The summed E-state index contributed by atoms with van der Waals surface area (Å²) in [6.45, 7) is 11.3. The van der Waals surface area contributed by atoms with Crippen LogP contribution in [0.5, 0.6) is 0 Å². The summed E-state index contributed by atoms with van der Waals surface area (Å²) in [5, 5.41) is 3.59. The van der Waals surface area contributed by atoms with Gasteiger partial charge in [0.1, 0.15) is 0 Å². The zero-order valence-corrected chi connectivity index (χ0v) is 11.5. The zero-order valence-electron chi connectivity index (χ0n) is 11.5. The van der Waals surface area contributed by atoms with Crippen molar-refractivity contribution >= 4 is 0 Å². The number of nitrogens with one attached hydrogen (secondary N) is 1. The van der Waals surface area contributed by atoms with Crippen LogP contribution in [0.3, 0.4) is 0 Å². The summed E-state index contributed by atoms with van der Waals surface area (Å²) >= 11 is 0. The normalized spacial score (nSPS) is 36.0. The molecule has 0 aliphatic carbocycles. The monoisotopic (exact) mass is 240 g/mol. The molecule has 0 saturated carbocycles. The van der Waals surface area contributed by atoms with Crippen LogP contribution in [0.25, 0.3) is 0 Å². The number of morpholine rings is 1. The van der Waals surface area contributed by atoms with E-state index in [1.807, 2.05) is 0 Å². The maximum atomic E-state index is 5.60. The minimum Gasteiger partial charge on any atom is -0.378 e. The van der Waals surface area contributed by atoms with Gasteiger partial charge < -0.3 is 10.1 Å². The molecule has 2 heterocycles. The van der Waals surface area contributed by atoms with Crippen LogP contribution in [0, 0.1) is 5.41 Å². The number of hydrogen-bond acceptors (Lipinski definition) is 3. The molecule has 2 atom stereocenters. The first-order valence-electron chi connectivity index (χ1n) is 7.32. The summed E-state index contributed by atoms with van der Waals surface area (Å²) in [6, 6.07) is 0.647. The van der Waals surface area contributed by atoms with Crippen molar-refractivity contribution in [3.8, 4) is 0 Å². The summed E-state index contributed by atoms with van der Waals surface area (Å²) in [7, 11) is 0. The molecule has 3 nitrogen and oxygen atoms in total. The van der Waals surface area contributed by atoms with E-state index in [-0.39, 0.29) is 0 Å². The molecule has 17 heavy (non-hydrogen) atoms. The molecule has 0 aromatic carbocycles. The Labute approximate surface area is 106 Å². The Kier molecular flexibility index (Phi) is 4.83. The molecule has 0 spiro atoms. The minimum atomic E-state index is 0.517. The molecule has 0 radical (unpaired) electrons. The van der Waals surface area contributed by atoms with Gasteiger partial charge in [-0.15, -0.1) is 0 Å². The molecule has 2 fully saturated rings. The van der Waals surface area contributed by atoms with Gasteiger partial charge in [0.2, 0.25) is 0 Å². The maximum absolute atomic E-state index is 5.60. The summed E-state index contributed by atoms with van der Waals surface area (Å²) in [5.74, 6) is 0. The molecule has 2 saturated heterocycles. The van der Waals surface area contributed by atoms with E-state index in [0.717, 1.165) is 19.8 Å². The highest BCUT2D eigenvalue weighted by molar-refractivity contribution is 4.89. The predicted molar refractivity (Wildman–Crippen MR) is 71.3 cm³/mol. The quantitative estimate of drug-likeness (QED) is 0.812. The molecule has 2 unspecified atom stereocenters. The number of rotatable bonds is 4. The third-order valence-electron chi connectivity index (χ3n) is 4.67. The van der Waals surface area contributed by atoms with Gasteiger partial charge in [0, 0.05) is 25.7 Å². The molecule has 100 valence electrons. The first-order valence-corrected chi connectivity index (χ1v) is 7.32. The second-order valence-electron chi connectivity index (χ2n) is 5.74. The predicted octanol–water partition coefficient (Wildman–Crippen LogP) is 1.88. The maximum Gasteiger partial charge on any atom is 0.0622 e. The summed E-state index contributed by atoms with van der Waals surface area (Å²) < 4.78 is 5.60. The highest BCUT2D eigenvalue weighted by Crippen LogP contribution is 2.32. The van der Waals surface area contributed by atoms with E-state index >= 15 is 0 Å². The van der Waals surface area contributed by atoms with Crippen molar-refractivity contribution in [2.75, 3.05) is 39.4 Å². The first kappa shape index (κ1) is 13.3. The van der Waals surface area contributed by atoms with Crippen molar-refractivity contribution < 1.29 is 4.74 Å². The van der Waals surface area contributed by atoms with Crippen molar-refractivity contribution in [1.82, 2.24) is 10.2 Å². The third-order valence-corrected chi connectivity index (χ3v) is 4.67. The van der Waals surface area contributed by atoms with Crippen LogP contribution in [-0.4, -0.2) is 50.3 Å². The molecule has 2 rings (SSSR count). The van der Waals surface area contributed by atoms with Gasteiger partial charge in [-0.05, 0) is 37.6 Å². The Bertz CT molecular complexity index is 226. The Morgan fingerprint density at radius 1 is 1.41 bits per heavy atom. The average Bonchev–Trinajstić information content (AvgIpc) is 2.40. The molecular weight excluding hydrogens is 212 g/mol. The largest absolute Gasteiger partial charge is 0.378 e. The lowest BCUT2D eigenvalue weighted by atomic mass is 9.77. The topological polar surface area (TPSA) is 24.5 Å². The number of hydrogen-bond donors (Lipinski definition) is 1. The van der Waals surface area contributed by atoms with Crippen molar-refractivity contribution in [2.45, 2.75) is 45.6 Å². The first-order chi connectivity index (χ1) is 8.29. The van der Waals surface area contributed by atoms with Gasteiger partial charge in [0.05, 0.1) is 13.2 Å². The number of piperidine rings is 1. The minimum absolute atomic E-state index is 0.517. The van der Waals surface area contributed by atoms with Crippen molar-refractivity contribution in [3.63, 3.8) is 0 Å². The van der Waals surface area contributed by atoms with Crippen molar-refractivity contribution in [2.24, 2.45) is 5.41 Å². The number of nitrogens with zero attached hydrogens (tertiary/aromatic N) is 1. The highest BCUT2D eigenvalue weighted by Gasteiger charge is 2.34. The van der Waals surface area contributed by atoms with Crippen molar-refractivity contribution in [3.05, 3.63) is 0 Å². The van der Waals surface area contributed by atoms with Gasteiger partial charge in [0.15, 0.2) is 0 Å². The smallest absolute Gasteiger partial charge is 0.0622 e. The zero-order chi connectivity index (χ0) is 12.1. The van der Waals surface area contributed by atoms with Gasteiger partial charge in [-0.2, -0.15) is 0 Å². The van der Waals surface area contributed by atoms with Crippen LogP contribution >= 0.6 is 0 Å². The van der Waals surface area contributed by atoms with E-state index in [9.17, 15) is 0 Å². The molecule has 3 heteroatoms. The van der Waals surface area contributed by atoms with Gasteiger partial charge in [0.25, 0.3) is 0 Å². The van der Waals surface area contributed by atoms with Crippen LogP contribution in [0.1, 0.15) is 39.5 Å². The van der Waals surface area contributed by atoms with Crippen LogP contribution < -0.4 is 5.32 Å². The molecule has 2 aliphatic rings. The lowest BCUT2D eigenvalue weighted by Crippen LogP contribution is -2.53. The Hall–Kier alpha value is -0.120. The van der Waals surface area contributed by atoms with Crippen molar-refractivity contribution in [1.29, 1.82) is 0 Å². The van der Waals surface area contributed by atoms with Gasteiger partial charge >= 0.3 is 0 Å². The van der Waals surface area contributed by atoms with E-state index in [1.54, 1.807) is 0 Å². The summed E-state index contributed by atoms with van der Waals surface area (Å²) in [4.78, 5) is 2.68. The second-order valence-corrected chi connectivity index (χ2v) is 5.74.